The quantitative estimate of drug-likeness (QED) is 0.510. The number of aliphatic hydroxyl groups excluding tert-OH is 3. The maximum atomic E-state index is 10.1. The van der Waals surface area contributed by atoms with Crippen LogP contribution in [0.1, 0.15) is 30.4 Å². The van der Waals surface area contributed by atoms with Gasteiger partial charge < -0.3 is 39.4 Å². The Labute approximate surface area is 186 Å². The molecule has 2 aliphatic rings. The Kier molecular flexibility index (Phi) is 7.49. The summed E-state index contributed by atoms with van der Waals surface area (Å²) in [6.45, 7) is 0.591. The molecule has 5 atom stereocenters. The molecule has 0 amide bonds. The van der Waals surface area contributed by atoms with Crippen molar-refractivity contribution in [2.75, 3.05) is 13.2 Å². The van der Waals surface area contributed by atoms with Gasteiger partial charge in [0.2, 0.25) is 12.6 Å². The van der Waals surface area contributed by atoms with Gasteiger partial charge in [0.15, 0.2) is 0 Å². The molecule has 4 rings (SSSR count). The monoisotopic (exact) mass is 446 g/mol. The summed E-state index contributed by atoms with van der Waals surface area (Å²) in [5.74, 6) is 1.21. The van der Waals surface area contributed by atoms with E-state index in [1.54, 1.807) is 12.1 Å². The van der Waals surface area contributed by atoms with Crippen LogP contribution in [-0.2, 0) is 22.3 Å². The van der Waals surface area contributed by atoms with E-state index in [-0.39, 0.29) is 18.8 Å². The Balaban J connectivity index is 1.31. The zero-order valence-corrected chi connectivity index (χ0v) is 17.8. The van der Waals surface area contributed by atoms with Gasteiger partial charge >= 0.3 is 0 Å². The molecule has 2 aromatic rings. The highest BCUT2D eigenvalue weighted by atomic mass is 16.7. The first-order chi connectivity index (χ1) is 15.4. The third-order valence-electron chi connectivity index (χ3n) is 5.60. The number of aromatic hydroxyl groups is 1. The fourth-order valence-electron chi connectivity index (χ4n) is 3.88. The van der Waals surface area contributed by atoms with Crippen molar-refractivity contribution in [3.63, 3.8) is 0 Å². The van der Waals surface area contributed by atoms with E-state index in [2.05, 4.69) is 0 Å². The lowest BCUT2D eigenvalue weighted by atomic mass is 10.0. The van der Waals surface area contributed by atoms with Gasteiger partial charge in [0.25, 0.3) is 0 Å². The Morgan fingerprint density at radius 3 is 2.34 bits per heavy atom. The second-order valence-corrected chi connectivity index (χ2v) is 8.35. The molecule has 0 saturated carbocycles. The minimum Gasteiger partial charge on any atom is -0.508 e. The highest BCUT2D eigenvalue weighted by molar-refractivity contribution is 5.38. The van der Waals surface area contributed by atoms with Gasteiger partial charge in [-0.25, -0.2) is 0 Å². The van der Waals surface area contributed by atoms with Crippen molar-refractivity contribution in [3.8, 4) is 17.2 Å². The zero-order chi connectivity index (χ0) is 22.5. The van der Waals surface area contributed by atoms with Crippen LogP contribution in [0.15, 0.2) is 42.5 Å². The third kappa shape index (κ3) is 6.34. The van der Waals surface area contributed by atoms with Gasteiger partial charge in [0.05, 0.1) is 25.4 Å². The first-order valence-corrected chi connectivity index (χ1v) is 11.0. The minimum absolute atomic E-state index is 0.119. The number of rotatable bonds is 7. The summed E-state index contributed by atoms with van der Waals surface area (Å²) in [5, 5.41) is 39.3. The largest absolute Gasteiger partial charge is 0.508 e. The van der Waals surface area contributed by atoms with Crippen LogP contribution >= 0.6 is 0 Å². The van der Waals surface area contributed by atoms with Crippen LogP contribution in [0.3, 0.4) is 0 Å². The first kappa shape index (κ1) is 22.8. The van der Waals surface area contributed by atoms with Gasteiger partial charge in [-0.15, -0.1) is 0 Å². The molecule has 0 spiro atoms. The molecule has 0 aromatic heterocycles. The van der Waals surface area contributed by atoms with E-state index in [0.29, 0.717) is 37.4 Å². The highest BCUT2D eigenvalue weighted by Gasteiger charge is 2.30. The number of aryl methyl sites for hydroxylation is 2. The first-order valence-electron chi connectivity index (χ1n) is 11.0. The van der Waals surface area contributed by atoms with Crippen molar-refractivity contribution >= 4 is 0 Å². The number of hydrogen-bond donors (Lipinski definition) is 4. The summed E-state index contributed by atoms with van der Waals surface area (Å²) >= 11 is 0. The molecule has 2 aromatic carbocycles. The summed E-state index contributed by atoms with van der Waals surface area (Å²) in [5.41, 5.74) is 2.01. The molecule has 0 aliphatic carbocycles. The van der Waals surface area contributed by atoms with Gasteiger partial charge in [-0.1, -0.05) is 12.1 Å². The Hall–Kier alpha value is -2.36. The Morgan fingerprint density at radius 2 is 1.59 bits per heavy atom. The highest BCUT2D eigenvalue weighted by Crippen LogP contribution is 2.27. The number of ether oxygens (including phenoxy) is 4. The lowest BCUT2D eigenvalue weighted by molar-refractivity contribution is -0.198. The van der Waals surface area contributed by atoms with Gasteiger partial charge in [-0.3, -0.25) is 0 Å². The second kappa shape index (κ2) is 10.5. The lowest BCUT2D eigenvalue weighted by Crippen LogP contribution is -2.44. The number of aliphatic hydroxyl groups is 3. The number of phenolic OH excluding ortho intramolecular Hbond substituents is 1. The lowest BCUT2D eigenvalue weighted by Gasteiger charge is -2.31. The molecule has 2 aliphatic heterocycles. The third-order valence-corrected chi connectivity index (χ3v) is 5.60. The van der Waals surface area contributed by atoms with E-state index < -0.39 is 30.9 Å². The van der Waals surface area contributed by atoms with Crippen LogP contribution in [0.5, 0.6) is 17.2 Å². The maximum Gasteiger partial charge on any atom is 0.226 e. The molecule has 4 N–H and O–H groups in total. The van der Waals surface area contributed by atoms with Crippen LogP contribution in [0, 0.1) is 0 Å². The van der Waals surface area contributed by atoms with Crippen molar-refractivity contribution in [2.45, 2.75) is 63.0 Å². The second-order valence-electron chi connectivity index (χ2n) is 8.35. The number of phenols is 1. The van der Waals surface area contributed by atoms with Crippen LogP contribution < -0.4 is 9.47 Å². The summed E-state index contributed by atoms with van der Waals surface area (Å²) in [4.78, 5) is 0. The van der Waals surface area contributed by atoms with Gasteiger partial charge in [0, 0.05) is 18.9 Å². The minimum atomic E-state index is -0.872. The van der Waals surface area contributed by atoms with E-state index in [9.17, 15) is 20.4 Å². The van der Waals surface area contributed by atoms with Crippen LogP contribution in [-0.4, -0.2) is 64.5 Å². The van der Waals surface area contributed by atoms with Crippen LogP contribution in [0.2, 0.25) is 0 Å². The van der Waals surface area contributed by atoms with Gasteiger partial charge in [-0.05, 0) is 54.7 Å². The molecule has 174 valence electrons. The summed E-state index contributed by atoms with van der Waals surface area (Å²) < 4.78 is 22.3. The summed E-state index contributed by atoms with van der Waals surface area (Å²) in [6.07, 6.45) is -0.601. The zero-order valence-electron chi connectivity index (χ0n) is 17.8. The van der Waals surface area contributed by atoms with E-state index >= 15 is 0 Å². The fraction of sp³-hybridized carbons (Fsp3) is 0.500. The molecule has 2 unspecified atom stereocenters. The average Bonchev–Trinajstić information content (AvgIpc) is 2.75. The van der Waals surface area contributed by atoms with E-state index in [1.165, 1.54) is 0 Å². The molecule has 2 heterocycles. The summed E-state index contributed by atoms with van der Waals surface area (Å²) in [6, 6.07) is 12.6. The van der Waals surface area contributed by atoms with Gasteiger partial charge in [-0.2, -0.15) is 0 Å². The maximum absolute atomic E-state index is 10.1. The van der Waals surface area contributed by atoms with Crippen LogP contribution in [0.4, 0.5) is 0 Å². The fourth-order valence-corrected chi connectivity index (χ4v) is 3.88. The van der Waals surface area contributed by atoms with Crippen molar-refractivity contribution in [1.82, 2.24) is 0 Å². The van der Waals surface area contributed by atoms with Crippen molar-refractivity contribution < 1.29 is 39.4 Å². The predicted octanol–water partition coefficient (Wildman–Crippen LogP) is 1.90. The smallest absolute Gasteiger partial charge is 0.226 e. The number of benzene rings is 2. The average molecular weight is 446 g/mol. The van der Waals surface area contributed by atoms with E-state index in [0.717, 1.165) is 17.5 Å². The van der Waals surface area contributed by atoms with Crippen molar-refractivity contribution in [2.24, 2.45) is 0 Å². The molecule has 8 nitrogen and oxygen atoms in total. The normalized spacial score (nSPS) is 28.3. The molecule has 32 heavy (non-hydrogen) atoms. The summed E-state index contributed by atoms with van der Waals surface area (Å²) in [7, 11) is 0. The van der Waals surface area contributed by atoms with Crippen LogP contribution in [0.25, 0.3) is 0 Å². The van der Waals surface area contributed by atoms with E-state index in [1.807, 2.05) is 30.3 Å². The molecular formula is C24H30O8. The topological polar surface area (TPSA) is 118 Å². The standard InChI is InChI=1S/C24H30O8/c25-17-7-8-29-23(13-17)31-21-10-16(9-18(26)11-21)2-1-15-3-5-20(6-4-15)32-24-22(28)12-19(27)14-30-24/h3-6,9-11,17,19,22-28H,1-2,7-8,12-14H2/t17-,19-,22+,23?,24?/m0/s1. The predicted molar refractivity (Wildman–Crippen MR) is 115 cm³/mol. The number of hydrogen-bond acceptors (Lipinski definition) is 8. The molecular weight excluding hydrogens is 416 g/mol. The van der Waals surface area contributed by atoms with Crippen molar-refractivity contribution in [1.29, 1.82) is 0 Å². The molecule has 8 heteroatoms. The molecule has 0 bridgehead atoms. The molecule has 2 fully saturated rings. The van der Waals surface area contributed by atoms with Crippen molar-refractivity contribution in [3.05, 3.63) is 53.6 Å². The Morgan fingerprint density at radius 1 is 0.812 bits per heavy atom. The SMILES string of the molecule is Oc1cc(CCc2ccc(OC3OC[C@@H](O)C[C@H]3O)cc2)cc(OC2C[C@@H](O)CCO2)c1. The van der Waals surface area contributed by atoms with Gasteiger partial charge in [0.1, 0.15) is 23.4 Å². The molecule has 0 radical (unpaired) electrons. The van der Waals surface area contributed by atoms with E-state index in [4.69, 9.17) is 18.9 Å². The Bertz CT molecular complexity index is 871. The molecule has 2 saturated heterocycles.